The summed E-state index contributed by atoms with van der Waals surface area (Å²) in [5.41, 5.74) is 2.70. The third-order valence-corrected chi connectivity index (χ3v) is 4.55. The second-order valence-electron chi connectivity index (χ2n) is 4.96. The first-order chi connectivity index (χ1) is 8.31. The summed E-state index contributed by atoms with van der Waals surface area (Å²) < 4.78 is 7.09. The van der Waals surface area contributed by atoms with Crippen LogP contribution < -0.4 is 0 Å². The molecule has 1 aromatic rings. The number of ether oxygens (including phenoxy) is 1. The molecule has 0 radical (unpaired) electrons. The lowest BCUT2D eigenvalue weighted by Crippen LogP contribution is -2.15. The standard InChI is InChI=1S/C15H21IO/c1-12-5-2-3-8-14(12)15(11-16)17-10-9-13-6-4-7-13/h2-3,5,8,13,15H,4,6-7,9-11H2,1H3. The van der Waals surface area contributed by atoms with Crippen molar-refractivity contribution < 1.29 is 4.74 Å². The molecule has 1 aromatic carbocycles. The number of alkyl halides is 1. The van der Waals surface area contributed by atoms with E-state index < -0.39 is 0 Å². The molecule has 0 saturated heterocycles. The van der Waals surface area contributed by atoms with E-state index in [1.165, 1.54) is 36.8 Å². The van der Waals surface area contributed by atoms with Gasteiger partial charge in [0.2, 0.25) is 0 Å². The van der Waals surface area contributed by atoms with Crippen molar-refractivity contribution in [2.24, 2.45) is 5.92 Å². The zero-order valence-corrected chi connectivity index (χ0v) is 12.7. The van der Waals surface area contributed by atoms with Crippen molar-refractivity contribution in [2.75, 3.05) is 11.0 Å². The molecule has 2 rings (SSSR count). The van der Waals surface area contributed by atoms with Crippen LogP contribution in [0, 0.1) is 12.8 Å². The van der Waals surface area contributed by atoms with Crippen LogP contribution in [0.1, 0.15) is 42.9 Å². The smallest absolute Gasteiger partial charge is 0.0916 e. The van der Waals surface area contributed by atoms with Crippen LogP contribution in [0.25, 0.3) is 0 Å². The van der Waals surface area contributed by atoms with E-state index in [2.05, 4.69) is 53.8 Å². The van der Waals surface area contributed by atoms with Crippen LogP contribution in [-0.2, 0) is 4.74 Å². The number of halogens is 1. The number of hydrogen-bond acceptors (Lipinski definition) is 1. The molecule has 0 bridgehead atoms. The molecule has 1 atom stereocenters. The lowest BCUT2D eigenvalue weighted by Gasteiger charge is -2.26. The first kappa shape index (κ1) is 13.3. The van der Waals surface area contributed by atoms with Gasteiger partial charge in [0.25, 0.3) is 0 Å². The van der Waals surface area contributed by atoms with Gasteiger partial charge in [-0.15, -0.1) is 0 Å². The molecule has 0 aromatic heterocycles. The Morgan fingerprint density at radius 2 is 2.12 bits per heavy atom. The topological polar surface area (TPSA) is 9.23 Å². The average Bonchev–Trinajstić information content (AvgIpc) is 2.28. The van der Waals surface area contributed by atoms with Crippen molar-refractivity contribution in [3.05, 3.63) is 35.4 Å². The summed E-state index contributed by atoms with van der Waals surface area (Å²) in [6, 6.07) is 8.57. The summed E-state index contributed by atoms with van der Waals surface area (Å²) in [5.74, 6) is 0.946. The van der Waals surface area contributed by atoms with Gasteiger partial charge in [0, 0.05) is 11.0 Å². The molecule has 0 spiro atoms. The molecule has 1 aliphatic rings. The Labute approximate surface area is 118 Å². The molecule has 94 valence electrons. The highest BCUT2D eigenvalue weighted by atomic mass is 127. The summed E-state index contributed by atoms with van der Waals surface area (Å²) >= 11 is 2.42. The summed E-state index contributed by atoms with van der Waals surface area (Å²) in [4.78, 5) is 0. The fraction of sp³-hybridized carbons (Fsp3) is 0.600. The van der Waals surface area contributed by atoms with Gasteiger partial charge >= 0.3 is 0 Å². The quantitative estimate of drug-likeness (QED) is 0.538. The Kier molecular flexibility index (Phi) is 5.29. The van der Waals surface area contributed by atoms with Crippen molar-refractivity contribution >= 4 is 22.6 Å². The molecule has 0 aliphatic heterocycles. The highest BCUT2D eigenvalue weighted by Gasteiger charge is 2.18. The van der Waals surface area contributed by atoms with Crippen molar-refractivity contribution in [3.8, 4) is 0 Å². The number of rotatable bonds is 6. The second-order valence-corrected chi connectivity index (χ2v) is 5.84. The van der Waals surface area contributed by atoms with Crippen LogP contribution in [-0.4, -0.2) is 11.0 Å². The molecule has 1 aliphatic carbocycles. The summed E-state index contributed by atoms with van der Waals surface area (Å²) in [6.45, 7) is 3.09. The van der Waals surface area contributed by atoms with Crippen LogP contribution in [0.3, 0.4) is 0 Å². The first-order valence-corrected chi connectivity index (χ1v) is 8.07. The fourth-order valence-corrected chi connectivity index (χ4v) is 3.05. The van der Waals surface area contributed by atoms with E-state index in [1.54, 1.807) is 0 Å². The maximum Gasteiger partial charge on any atom is 0.0916 e. The van der Waals surface area contributed by atoms with E-state index in [0.717, 1.165) is 17.0 Å². The number of hydrogen-bond donors (Lipinski definition) is 0. The van der Waals surface area contributed by atoms with E-state index >= 15 is 0 Å². The molecule has 1 unspecified atom stereocenters. The van der Waals surface area contributed by atoms with Gasteiger partial charge < -0.3 is 4.74 Å². The highest BCUT2D eigenvalue weighted by molar-refractivity contribution is 14.1. The fourth-order valence-electron chi connectivity index (χ4n) is 2.32. The van der Waals surface area contributed by atoms with Crippen LogP contribution in [0.15, 0.2) is 24.3 Å². The number of aryl methyl sites for hydroxylation is 1. The first-order valence-electron chi connectivity index (χ1n) is 6.54. The molecular formula is C15H21IO. The molecule has 1 saturated carbocycles. The van der Waals surface area contributed by atoms with E-state index in [0.29, 0.717) is 0 Å². The minimum absolute atomic E-state index is 0.275. The van der Waals surface area contributed by atoms with E-state index in [-0.39, 0.29) is 6.10 Å². The Balaban J connectivity index is 1.85. The third kappa shape index (κ3) is 3.68. The number of benzene rings is 1. The molecule has 0 heterocycles. The predicted octanol–water partition coefficient (Wildman–Crippen LogP) is 4.68. The van der Waals surface area contributed by atoms with Gasteiger partial charge in [0.05, 0.1) is 6.10 Å². The summed E-state index contributed by atoms with van der Waals surface area (Å²) in [5, 5.41) is 0. The summed E-state index contributed by atoms with van der Waals surface area (Å²) in [7, 11) is 0. The Morgan fingerprint density at radius 1 is 1.35 bits per heavy atom. The minimum Gasteiger partial charge on any atom is -0.373 e. The van der Waals surface area contributed by atoms with Crippen LogP contribution in [0.2, 0.25) is 0 Å². The van der Waals surface area contributed by atoms with E-state index in [4.69, 9.17) is 4.74 Å². The molecule has 1 fully saturated rings. The normalized spacial score (nSPS) is 17.8. The minimum atomic E-state index is 0.275. The van der Waals surface area contributed by atoms with Crippen molar-refractivity contribution in [2.45, 2.75) is 38.7 Å². The largest absolute Gasteiger partial charge is 0.373 e. The molecular weight excluding hydrogens is 323 g/mol. The lowest BCUT2D eigenvalue weighted by atomic mass is 9.83. The molecule has 1 nitrogen and oxygen atoms in total. The van der Waals surface area contributed by atoms with Gasteiger partial charge in [-0.25, -0.2) is 0 Å². The van der Waals surface area contributed by atoms with Gasteiger partial charge in [-0.1, -0.05) is 66.1 Å². The molecule has 0 amide bonds. The lowest BCUT2D eigenvalue weighted by molar-refractivity contribution is 0.0527. The maximum atomic E-state index is 6.06. The van der Waals surface area contributed by atoms with Crippen molar-refractivity contribution in [1.82, 2.24) is 0 Å². The van der Waals surface area contributed by atoms with Gasteiger partial charge in [0.15, 0.2) is 0 Å². The Morgan fingerprint density at radius 3 is 2.71 bits per heavy atom. The van der Waals surface area contributed by atoms with Gasteiger partial charge in [-0.05, 0) is 30.4 Å². The molecule has 17 heavy (non-hydrogen) atoms. The van der Waals surface area contributed by atoms with Gasteiger partial charge in [-0.3, -0.25) is 0 Å². The van der Waals surface area contributed by atoms with Crippen LogP contribution in [0.4, 0.5) is 0 Å². The SMILES string of the molecule is Cc1ccccc1C(CI)OCCC1CCC1. The van der Waals surface area contributed by atoms with Crippen LogP contribution in [0.5, 0.6) is 0 Å². The van der Waals surface area contributed by atoms with Crippen molar-refractivity contribution in [3.63, 3.8) is 0 Å². The Bertz CT molecular complexity index is 347. The van der Waals surface area contributed by atoms with Gasteiger partial charge in [0.1, 0.15) is 0 Å². The van der Waals surface area contributed by atoms with Gasteiger partial charge in [-0.2, -0.15) is 0 Å². The maximum absolute atomic E-state index is 6.06. The second kappa shape index (κ2) is 6.74. The monoisotopic (exact) mass is 344 g/mol. The zero-order valence-electron chi connectivity index (χ0n) is 10.5. The highest BCUT2D eigenvalue weighted by Crippen LogP contribution is 2.30. The van der Waals surface area contributed by atoms with Crippen molar-refractivity contribution in [1.29, 1.82) is 0 Å². The van der Waals surface area contributed by atoms with Crippen LogP contribution >= 0.6 is 22.6 Å². The van der Waals surface area contributed by atoms with E-state index in [9.17, 15) is 0 Å². The zero-order chi connectivity index (χ0) is 12.1. The molecule has 0 N–H and O–H groups in total. The average molecular weight is 344 g/mol. The van der Waals surface area contributed by atoms with E-state index in [1.807, 2.05) is 0 Å². The Hall–Kier alpha value is -0.0900. The predicted molar refractivity (Wildman–Crippen MR) is 80.7 cm³/mol. The summed E-state index contributed by atoms with van der Waals surface area (Å²) in [6.07, 6.45) is 5.79. The molecule has 2 heteroatoms. The third-order valence-electron chi connectivity index (χ3n) is 3.75.